The number of amides is 1. The van der Waals surface area contributed by atoms with Crippen molar-refractivity contribution >= 4 is 28.9 Å². The smallest absolute Gasteiger partial charge is 0.243 e. The molecule has 0 radical (unpaired) electrons. The van der Waals surface area contributed by atoms with E-state index in [1.165, 1.54) is 0 Å². The summed E-state index contributed by atoms with van der Waals surface area (Å²) < 4.78 is 10.9. The van der Waals surface area contributed by atoms with Crippen LogP contribution in [0.3, 0.4) is 0 Å². The van der Waals surface area contributed by atoms with E-state index in [-0.39, 0.29) is 12.5 Å². The fourth-order valence-corrected chi connectivity index (χ4v) is 2.31. The molecule has 2 rings (SSSR count). The highest BCUT2D eigenvalue weighted by Gasteiger charge is 2.08. The zero-order valence-electron chi connectivity index (χ0n) is 14.5. The van der Waals surface area contributed by atoms with Gasteiger partial charge in [0.05, 0.1) is 18.8 Å². The van der Waals surface area contributed by atoms with Gasteiger partial charge in [-0.3, -0.25) is 4.79 Å². The Bertz CT molecular complexity index is 707. The van der Waals surface area contributed by atoms with E-state index in [0.29, 0.717) is 36.3 Å². The van der Waals surface area contributed by atoms with E-state index in [9.17, 15) is 4.79 Å². The van der Waals surface area contributed by atoms with Crippen molar-refractivity contribution in [2.75, 3.05) is 37.0 Å². The summed E-state index contributed by atoms with van der Waals surface area (Å²) in [5, 5.41) is 6.57. The molecule has 134 valence electrons. The molecule has 0 atom stereocenters. The quantitative estimate of drug-likeness (QED) is 0.659. The van der Waals surface area contributed by atoms with Crippen LogP contribution in [0.1, 0.15) is 12.5 Å². The van der Waals surface area contributed by atoms with Crippen molar-refractivity contribution in [1.29, 1.82) is 0 Å². The number of ether oxygens (including phenoxy) is 2. The van der Waals surface area contributed by atoms with E-state index in [4.69, 9.17) is 21.1 Å². The molecule has 1 amide bonds. The Morgan fingerprint density at radius 2 is 1.96 bits per heavy atom. The van der Waals surface area contributed by atoms with E-state index in [2.05, 4.69) is 10.6 Å². The molecule has 0 unspecified atom stereocenters. The van der Waals surface area contributed by atoms with Gasteiger partial charge in [0.15, 0.2) is 0 Å². The van der Waals surface area contributed by atoms with Gasteiger partial charge in [0.2, 0.25) is 5.91 Å². The molecule has 2 N–H and O–H groups in total. The lowest BCUT2D eigenvalue weighted by Crippen LogP contribution is -2.22. The topological polar surface area (TPSA) is 59.6 Å². The van der Waals surface area contributed by atoms with Crippen LogP contribution in [0.15, 0.2) is 42.5 Å². The van der Waals surface area contributed by atoms with E-state index < -0.39 is 0 Å². The summed E-state index contributed by atoms with van der Waals surface area (Å²) in [6.07, 6.45) is 0. The van der Waals surface area contributed by atoms with Crippen LogP contribution in [-0.4, -0.2) is 32.3 Å². The van der Waals surface area contributed by atoms with Crippen LogP contribution in [0, 0.1) is 6.92 Å². The number of carbonyl (C=O) groups excluding carboxylic acids is 1. The Hall–Kier alpha value is -2.24. The van der Waals surface area contributed by atoms with Crippen LogP contribution < -0.4 is 15.4 Å². The normalized spacial score (nSPS) is 10.4. The van der Waals surface area contributed by atoms with Crippen molar-refractivity contribution in [3.63, 3.8) is 0 Å². The third-order valence-electron chi connectivity index (χ3n) is 3.48. The van der Waals surface area contributed by atoms with Gasteiger partial charge in [0.1, 0.15) is 12.4 Å². The summed E-state index contributed by atoms with van der Waals surface area (Å²) in [6, 6.07) is 12.9. The number of anilines is 2. The van der Waals surface area contributed by atoms with Gasteiger partial charge >= 0.3 is 0 Å². The number of benzene rings is 2. The standard InChI is InChI=1S/C19H23ClN2O3/c1-3-24-10-11-25-18-7-5-4-6-17(18)22-19(23)13-21-15-9-8-14(2)16(20)12-15/h4-9,12,21H,3,10-11,13H2,1-2H3,(H,22,23). The Morgan fingerprint density at radius 1 is 1.16 bits per heavy atom. The van der Waals surface area contributed by atoms with Gasteiger partial charge in [-0.05, 0) is 43.7 Å². The maximum absolute atomic E-state index is 12.2. The van der Waals surface area contributed by atoms with Crippen LogP contribution in [0.5, 0.6) is 5.75 Å². The Balaban J connectivity index is 1.88. The predicted octanol–water partition coefficient (Wildman–Crippen LogP) is 4.11. The fraction of sp³-hybridized carbons (Fsp3) is 0.316. The van der Waals surface area contributed by atoms with Crippen LogP contribution >= 0.6 is 11.6 Å². The van der Waals surface area contributed by atoms with Crippen LogP contribution in [0.25, 0.3) is 0 Å². The molecule has 0 aromatic heterocycles. The largest absolute Gasteiger partial charge is 0.489 e. The molecule has 0 aliphatic rings. The fourth-order valence-electron chi connectivity index (χ4n) is 2.13. The molecule has 0 fully saturated rings. The lowest BCUT2D eigenvalue weighted by atomic mass is 10.2. The summed E-state index contributed by atoms with van der Waals surface area (Å²) in [7, 11) is 0. The molecule has 5 nitrogen and oxygen atoms in total. The average Bonchev–Trinajstić information content (AvgIpc) is 2.61. The first-order chi connectivity index (χ1) is 12.1. The molecule has 0 spiro atoms. The number of carbonyl (C=O) groups is 1. The Morgan fingerprint density at radius 3 is 2.72 bits per heavy atom. The molecule has 25 heavy (non-hydrogen) atoms. The summed E-state index contributed by atoms with van der Waals surface area (Å²) >= 11 is 6.08. The van der Waals surface area contributed by atoms with E-state index in [1.807, 2.05) is 44.2 Å². The van der Waals surface area contributed by atoms with E-state index in [0.717, 1.165) is 11.3 Å². The first kappa shape index (κ1) is 19.1. The number of nitrogens with one attached hydrogen (secondary N) is 2. The highest BCUT2D eigenvalue weighted by atomic mass is 35.5. The van der Waals surface area contributed by atoms with Crippen LogP contribution in [0.2, 0.25) is 5.02 Å². The molecule has 2 aromatic rings. The lowest BCUT2D eigenvalue weighted by Gasteiger charge is -2.13. The number of hydrogen-bond donors (Lipinski definition) is 2. The second-order valence-corrected chi connectivity index (χ2v) is 5.81. The summed E-state index contributed by atoms with van der Waals surface area (Å²) in [6.45, 7) is 5.59. The molecule has 6 heteroatoms. The van der Waals surface area contributed by atoms with E-state index in [1.54, 1.807) is 12.1 Å². The van der Waals surface area contributed by atoms with Crippen molar-refractivity contribution < 1.29 is 14.3 Å². The molecule has 0 saturated heterocycles. The third kappa shape index (κ3) is 6.29. The molecular formula is C19H23ClN2O3. The second kappa shape index (κ2) is 9.91. The monoisotopic (exact) mass is 362 g/mol. The van der Waals surface area contributed by atoms with Crippen molar-refractivity contribution in [1.82, 2.24) is 0 Å². The minimum atomic E-state index is -0.169. The number of halogens is 1. The maximum atomic E-state index is 12.2. The number of rotatable bonds is 9. The third-order valence-corrected chi connectivity index (χ3v) is 3.88. The van der Waals surface area contributed by atoms with E-state index >= 15 is 0 Å². The van der Waals surface area contributed by atoms with Crippen molar-refractivity contribution in [2.45, 2.75) is 13.8 Å². The number of para-hydroxylation sites is 2. The highest BCUT2D eigenvalue weighted by molar-refractivity contribution is 6.31. The van der Waals surface area contributed by atoms with Gasteiger partial charge in [-0.2, -0.15) is 0 Å². The van der Waals surface area contributed by atoms with Gasteiger partial charge in [-0.1, -0.05) is 29.8 Å². The van der Waals surface area contributed by atoms with Gasteiger partial charge in [-0.25, -0.2) is 0 Å². The van der Waals surface area contributed by atoms with Crippen molar-refractivity contribution in [2.24, 2.45) is 0 Å². The minimum Gasteiger partial charge on any atom is -0.489 e. The molecular weight excluding hydrogens is 340 g/mol. The lowest BCUT2D eigenvalue weighted by molar-refractivity contribution is -0.114. The molecule has 0 aliphatic heterocycles. The highest BCUT2D eigenvalue weighted by Crippen LogP contribution is 2.24. The summed E-state index contributed by atoms with van der Waals surface area (Å²) in [5.41, 5.74) is 2.43. The summed E-state index contributed by atoms with van der Waals surface area (Å²) in [5.74, 6) is 0.450. The molecule has 0 heterocycles. The Labute approximate surface area is 153 Å². The predicted molar refractivity (Wildman–Crippen MR) is 102 cm³/mol. The average molecular weight is 363 g/mol. The van der Waals surface area contributed by atoms with Crippen molar-refractivity contribution in [3.05, 3.63) is 53.1 Å². The molecule has 2 aromatic carbocycles. The number of hydrogen-bond acceptors (Lipinski definition) is 4. The SMILES string of the molecule is CCOCCOc1ccccc1NC(=O)CNc1ccc(C)c(Cl)c1. The zero-order chi connectivity index (χ0) is 18.1. The van der Waals surface area contributed by atoms with Gasteiger partial charge in [-0.15, -0.1) is 0 Å². The maximum Gasteiger partial charge on any atom is 0.243 e. The number of aryl methyl sites for hydroxylation is 1. The van der Waals surface area contributed by atoms with Crippen LogP contribution in [-0.2, 0) is 9.53 Å². The first-order valence-corrected chi connectivity index (χ1v) is 8.57. The molecule has 0 bridgehead atoms. The van der Waals surface area contributed by atoms with Crippen molar-refractivity contribution in [3.8, 4) is 5.75 Å². The summed E-state index contributed by atoms with van der Waals surface area (Å²) in [4.78, 5) is 12.2. The minimum absolute atomic E-state index is 0.132. The zero-order valence-corrected chi connectivity index (χ0v) is 15.2. The first-order valence-electron chi connectivity index (χ1n) is 8.19. The van der Waals surface area contributed by atoms with Gasteiger partial charge in [0, 0.05) is 17.3 Å². The Kier molecular flexibility index (Phi) is 7.57. The second-order valence-electron chi connectivity index (χ2n) is 5.41. The molecule has 0 aliphatic carbocycles. The molecule has 0 saturated carbocycles. The van der Waals surface area contributed by atoms with Gasteiger partial charge < -0.3 is 20.1 Å². The van der Waals surface area contributed by atoms with Crippen LogP contribution in [0.4, 0.5) is 11.4 Å². The van der Waals surface area contributed by atoms with Gasteiger partial charge in [0.25, 0.3) is 0 Å².